The van der Waals surface area contributed by atoms with E-state index >= 15 is 0 Å². The molecule has 3 amide bonds. The summed E-state index contributed by atoms with van der Waals surface area (Å²) in [5.41, 5.74) is 8.09. The highest BCUT2D eigenvalue weighted by Gasteiger charge is 2.67. The molecule has 8 rings (SSSR count). The van der Waals surface area contributed by atoms with Crippen LogP contribution in [0.2, 0.25) is 0 Å². The van der Waals surface area contributed by atoms with Crippen molar-refractivity contribution in [3.05, 3.63) is 142 Å². The van der Waals surface area contributed by atoms with Gasteiger partial charge < -0.3 is 0 Å². The molecular formula is C34H27N3O3. The van der Waals surface area contributed by atoms with E-state index in [-0.39, 0.29) is 30.2 Å². The third kappa shape index (κ3) is 3.42. The summed E-state index contributed by atoms with van der Waals surface area (Å²) in [6, 6.07) is 32.9. The first-order chi connectivity index (χ1) is 19.5. The van der Waals surface area contributed by atoms with Crippen LogP contribution in [0.3, 0.4) is 0 Å². The summed E-state index contributed by atoms with van der Waals surface area (Å²) < 4.78 is 0. The number of nitrogens with zero attached hydrogens (tertiary/aromatic N) is 2. The van der Waals surface area contributed by atoms with Gasteiger partial charge >= 0.3 is 0 Å². The van der Waals surface area contributed by atoms with Crippen LogP contribution in [-0.4, -0.2) is 28.8 Å². The van der Waals surface area contributed by atoms with E-state index in [9.17, 15) is 14.4 Å². The maximum atomic E-state index is 14.3. The largest absolute Gasteiger partial charge is 0.278 e. The van der Waals surface area contributed by atoms with Gasteiger partial charge in [-0.15, -0.1) is 0 Å². The lowest BCUT2D eigenvalue weighted by molar-refractivity contribution is -0.140. The lowest BCUT2D eigenvalue weighted by Gasteiger charge is -2.52. The molecule has 0 aromatic heterocycles. The van der Waals surface area contributed by atoms with Crippen molar-refractivity contribution >= 4 is 23.9 Å². The van der Waals surface area contributed by atoms with Crippen LogP contribution >= 0.6 is 0 Å². The molecule has 4 aliphatic rings. The van der Waals surface area contributed by atoms with E-state index in [0.29, 0.717) is 5.56 Å². The van der Waals surface area contributed by atoms with Gasteiger partial charge in [-0.3, -0.25) is 19.3 Å². The maximum absolute atomic E-state index is 14.3. The number of carbonyl (C=O) groups is 3. The Kier molecular flexibility index (Phi) is 5.52. The lowest BCUT2D eigenvalue weighted by atomic mass is 9.47. The Labute approximate surface area is 232 Å². The third-order valence-corrected chi connectivity index (χ3v) is 8.71. The number of aryl methyl sites for hydroxylation is 1. The number of likely N-dealkylation sites (tertiary alicyclic amines) is 1. The van der Waals surface area contributed by atoms with E-state index in [1.54, 1.807) is 18.3 Å². The van der Waals surface area contributed by atoms with Gasteiger partial charge in [-0.1, -0.05) is 96.6 Å². The van der Waals surface area contributed by atoms with Crippen LogP contribution in [0.1, 0.15) is 49.7 Å². The summed E-state index contributed by atoms with van der Waals surface area (Å²) in [5, 5.41) is 4.48. The molecule has 1 heterocycles. The number of hydrogen-bond acceptors (Lipinski definition) is 4. The molecule has 6 nitrogen and oxygen atoms in total. The molecule has 3 aliphatic carbocycles. The van der Waals surface area contributed by atoms with E-state index in [0.717, 1.165) is 33.4 Å². The van der Waals surface area contributed by atoms with Crippen molar-refractivity contribution in [3.63, 3.8) is 0 Å². The fraction of sp³-hybridized carbons (Fsp3) is 0.176. The zero-order valence-corrected chi connectivity index (χ0v) is 22.0. The second-order valence-electron chi connectivity index (χ2n) is 10.8. The molecule has 1 saturated heterocycles. The zero-order valence-electron chi connectivity index (χ0n) is 22.0. The number of carbonyl (C=O) groups excluding carboxylic acids is 3. The fourth-order valence-corrected chi connectivity index (χ4v) is 6.99. The lowest BCUT2D eigenvalue weighted by Crippen LogP contribution is -2.54. The van der Waals surface area contributed by atoms with Crippen LogP contribution in [0.25, 0.3) is 0 Å². The summed E-state index contributed by atoms with van der Waals surface area (Å²) in [5.74, 6) is -2.15. The first kappa shape index (κ1) is 24.2. The maximum Gasteiger partial charge on any atom is 0.271 e. The molecule has 0 saturated carbocycles. The fourth-order valence-electron chi connectivity index (χ4n) is 6.99. The number of hydrazone groups is 1. The minimum absolute atomic E-state index is 0.158. The topological polar surface area (TPSA) is 78.8 Å². The average Bonchev–Trinajstić information content (AvgIpc) is 3.24. The summed E-state index contributed by atoms with van der Waals surface area (Å²) in [6.45, 7) is 2.19. The number of rotatable bonds is 5. The minimum atomic E-state index is -1.01. The van der Waals surface area contributed by atoms with E-state index in [1.807, 2.05) is 85.8 Å². The second kappa shape index (κ2) is 9.12. The van der Waals surface area contributed by atoms with Gasteiger partial charge in [-0.05, 0) is 46.9 Å². The highest BCUT2D eigenvalue weighted by Crippen LogP contribution is 2.63. The quantitative estimate of drug-likeness (QED) is 0.227. The minimum Gasteiger partial charge on any atom is -0.278 e. The van der Waals surface area contributed by atoms with Gasteiger partial charge in [0.1, 0.15) is 0 Å². The zero-order chi connectivity index (χ0) is 27.4. The van der Waals surface area contributed by atoms with Crippen molar-refractivity contribution in [2.45, 2.75) is 24.8 Å². The number of hydrogen-bond donors (Lipinski definition) is 1. The van der Waals surface area contributed by atoms with Crippen LogP contribution < -0.4 is 5.43 Å². The molecule has 1 N–H and O–H groups in total. The van der Waals surface area contributed by atoms with Crippen LogP contribution in [0.15, 0.2) is 108 Å². The number of benzene rings is 4. The van der Waals surface area contributed by atoms with Crippen molar-refractivity contribution in [1.82, 2.24) is 10.3 Å². The molecule has 2 atom stereocenters. The van der Waals surface area contributed by atoms with E-state index in [1.165, 1.54) is 4.90 Å². The normalized spacial score (nSPS) is 24.1. The Hall–Kier alpha value is -4.84. The summed E-state index contributed by atoms with van der Waals surface area (Å²) in [4.78, 5) is 42.7. The first-order valence-electron chi connectivity index (χ1n) is 13.5. The molecule has 1 aliphatic heterocycles. The van der Waals surface area contributed by atoms with Gasteiger partial charge in [-0.25, -0.2) is 5.43 Å². The van der Waals surface area contributed by atoms with Crippen LogP contribution in [0.4, 0.5) is 0 Å². The van der Waals surface area contributed by atoms with Gasteiger partial charge in [-0.2, -0.15) is 5.10 Å². The van der Waals surface area contributed by atoms with Crippen molar-refractivity contribution in [3.8, 4) is 0 Å². The Bertz CT molecular complexity index is 1650. The van der Waals surface area contributed by atoms with Crippen LogP contribution in [0.5, 0.6) is 0 Å². The number of amides is 3. The standard InChI is InChI=1S/C34H27N3O3/c1-21-15-17-23(18-16-21)31(38)36-35-20-34-26-13-7-5-11-24(26)28(25-12-6-8-14-27(25)34)29-30(34)33(40)37(32(29)39)19-22-9-3-2-4-10-22/h2-18,20,28-30H,19H2,1H3,(H,36,38)/b35-20+/t28?,29-,30+,34?/m0/s1. The molecule has 0 unspecified atom stereocenters. The first-order valence-corrected chi connectivity index (χ1v) is 13.5. The second-order valence-corrected chi connectivity index (χ2v) is 10.8. The predicted octanol–water partition coefficient (Wildman–Crippen LogP) is 4.96. The van der Waals surface area contributed by atoms with Gasteiger partial charge in [0.25, 0.3) is 5.91 Å². The number of nitrogens with one attached hydrogen (secondary N) is 1. The van der Waals surface area contributed by atoms with Crippen LogP contribution in [-0.2, 0) is 21.5 Å². The molecule has 0 radical (unpaired) electrons. The van der Waals surface area contributed by atoms with Crippen molar-refractivity contribution in [1.29, 1.82) is 0 Å². The summed E-state index contributed by atoms with van der Waals surface area (Å²) >= 11 is 0. The summed E-state index contributed by atoms with van der Waals surface area (Å²) in [7, 11) is 0. The SMILES string of the molecule is Cc1ccc(C(=O)N/N=C/C23c4ccccc4C(c4ccccc42)[C@@H]2C(=O)N(Cc4ccccc4)C(=O)[C@@H]23)cc1. The molecular weight excluding hydrogens is 498 g/mol. The Morgan fingerprint density at radius 3 is 2.08 bits per heavy atom. The highest BCUT2D eigenvalue weighted by molar-refractivity contribution is 6.11. The van der Waals surface area contributed by atoms with E-state index < -0.39 is 17.3 Å². The van der Waals surface area contributed by atoms with Gasteiger partial charge in [0, 0.05) is 17.7 Å². The Morgan fingerprint density at radius 2 is 1.43 bits per heavy atom. The molecule has 1 fully saturated rings. The Morgan fingerprint density at radius 1 is 0.825 bits per heavy atom. The van der Waals surface area contributed by atoms with Crippen LogP contribution in [0, 0.1) is 18.8 Å². The van der Waals surface area contributed by atoms with Gasteiger partial charge in [0.2, 0.25) is 11.8 Å². The Balaban J connectivity index is 1.36. The van der Waals surface area contributed by atoms with E-state index in [4.69, 9.17) is 0 Å². The molecule has 4 aromatic rings. The smallest absolute Gasteiger partial charge is 0.271 e. The molecule has 40 heavy (non-hydrogen) atoms. The average molecular weight is 526 g/mol. The van der Waals surface area contributed by atoms with Crippen molar-refractivity contribution in [2.75, 3.05) is 0 Å². The van der Waals surface area contributed by atoms with E-state index in [2.05, 4.69) is 22.7 Å². The third-order valence-electron chi connectivity index (χ3n) is 8.71. The molecule has 2 bridgehead atoms. The molecule has 196 valence electrons. The highest BCUT2D eigenvalue weighted by atomic mass is 16.2. The monoisotopic (exact) mass is 525 g/mol. The predicted molar refractivity (Wildman–Crippen MR) is 152 cm³/mol. The molecule has 0 spiro atoms. The van der Waals surface area contributed by atoms with Crippen molar-refractivity contribution in [2.24, 2.45) is 16.9 Å². The molecule has 6 heteroatoms. The summed E-state index contributed by atoms with van der Waals surface area (Å²) in [6.07, 6.45) is 1.70. The van der Waals surface area contributed by atoms with Gasteiger partial charge in [0.05, 0.1) is 23.8 Å². The van der Waals surface area contributed by atoms with Crippen molar-refractivity contribution < 1.29 is 14.4 Å². The molecule has 4 aromatic carbocycles. The number of imide groups is 1. The van der Waals surface area contributed by atoms with Gasteiger partial charge in [0.15, 0.2) is 0 Å².